The molecule has 72 valence electrons. The summed E-state index contributed by atoms with van der Waals surface area (Å²) < 4.78 is 0. The first kappa shape index (κ1) is 11.7. The topological polar surface area (TPSA) is 40.5 Å². The van der Waals surface area contributed by atoms with E-state index in [2.05, 4.69) is 6.58 Å². The van der Waals surface area contributed by atoms with Gasteiger partial charge in [0.25, 0.3) is 0 Å². The van der Waals surface area contributed by atoms with Gasteiger partial charge in [-0.2, -0.15) is 0 Å². The predicted molar refractivity (Wildman–Crippen MR) is 51.0 cm³/mol. The maximum Gasteiger partial charge on any atom is 0.0628 e. The second kappa shape index (κ2) is 3.58. The van der Waals surface area contributed by atoms with Gasteiger partial charge in [-0.3, -0.25) is 0 Å². The molecule has 0 radical (unpaired) electrons. The maximum atomic E-state index is 9.44. The Bertz CT molecular complexity index is 140. The fourth-order valence-electron chi connectivity index (χ4n) is 1.29. The molecular weight excluding hydrogens is 152 g/mol. The molecule has 0 amide bonds. The first-order valence-corrected chi connectivity index (χ1v) is 4.21. The van der Waals surface area contributed by atoms with Crippen LogP contribution in [-0.4, -0.2) is 21.4 Å². The molecule has 0 rings (SSSR count). The minimum atomic E-state index is -0.720. The largest absolute Gasteiger partial charge is 0.390 e. The SMILES string of the molecule is C=C(CC(C)(C)O)CC(C)(C)O. The van der Waals surface area contributed by atoms with Crippen molar-refractivity contribution < 1.29 is 10.2 Å². The quantitative estimate of drug-likeness (QED) is 0.635. The summed E-state index contributed by atoms with van der Waals surface area (Å²) >= 11 is 0. The zero-order valence-corrected chi connectivity index (χ0v) is 8.52. The molecule has 0 aromatic heterocycles. The molecule has 2 heteroatoms. The Balaban J connectivity index is 3.92. The van der Waals surface area contributed by atoms with Crippen LogP contribution in [0.15, 0.2) is 12.2 Å². The summed E-state index contributed by atoms with van der Waals surface area (Å²) in [5.74, 6) is 0. The third kappa shape index (κ3) is 7.76. The van der Waals surface area contributed by atoms with E-state index in [9.17, 15) is 10.2 Å². The Morgan fingerprint density at radius 2 is 1.25 bits per heavy atom. The average Bonchev–Trinajstić information content (AvgIpc) is 1.49. The van der Waals surface area contributed by atoms with Gasteiger partial charge in [0.1, 0.15) is 0 Å². The van der Waals surface area contributed by atoms with Gasteiger partial charge < -0.3 is 10.2 Å². The van der Waals surface area contributed by atoms with Crippen LogP contribution in [0.4, 0.5) is 0 Å². The summed E-state index contributed by atoms with van der Waals surface area (Å²) in [6.07, 6.45) is 1.08. The van der Waals surface area contributed by atoms with E-state index in [4.69, 9.17) is 0 Å². The van der Waals surface area contributed by atoms with Gasteiger partial charge in [-0.25, -0.2) is 0 Å². The summed E-state index contributed by atoms with van der Waals surface area (Å²) in [4.78, 5) is 0. The standard InChI is InChI=1S/C10H20O2/c1-8(6-9(2,3)11)7-10(4,5)12/h11-12H,1,6-7H2,2-5H3. The number of hydrogen-bond acceptors (Lipinski definition) is 2. The Kier molecular flexibility index (Phi) is 3.48. The fraction of sp³-hybridized carbons (Fsp3) is 0.800. The molecule has 0 heterocycles. The minimum absolute atomic E-state index is 0.539. The van der Waals surface area contributed by atoms with Crippen molar-refractivity contribution in [1.29, 1.82) is 0 Å². The number of hydrogen-bond donors (Lipinski definition) is 2. The highest BCUT2D eigenvalue weighted by molar-refractivity contribution is 5.02. The van der Waals surface area contributed by atoms with Gasteiger partial charge in [0, 0.05) is 0 Å². The van der Waals surface area contributed by atoms with Crippen molar-refractivity contribution >= 4 is 0 Å². The Labute approximate surface area is 74.9 Å². The summed E-state index contributed by atoms with van der Waals surface area (Å²) in [5.41, 5.74) is -0.556. The van der Waals surface area contributed by atoms with Gasteiger partial charge >= 0.3 is 0 Å². The van der Waals surface area contributed by atoms with Crippen molar-refractivity contribution in [2.75, 3.05) is 0 Å². The second-order valence-electron chi connectivity index (χ2n) is 4.73. The van der Waals surface area contributed by atoms with Gasteiger partial charge in [-0.1, -0.05) is 12.2 Å². The van der Waals surface area contributed by atoms with Gasteiger partial charge in [-0.05, 0) is 40.5 Å². The molecule has 2 nitrogen and oxygen atoms in total. The van der Waals surface area contributed by atoms with E-state index in [1.807, 2.05) is 0 Å². The molecule has 12 heavy (non-hydrogen) atoms. The monoisotopic (exact) mass is 172 g/mol. The molecule has 0 saturated carbocycles. The summed E-state index contributed by atoms with van der Waals surface area (Å²) in [6, 6.07) is 0. The molecule has 0 bridgehead atoms. The lowest BCUT2D eigenvalue weighted by Crippen LogP contribution is -2.24. The van der Waals surface area contributed by atoms with Crippen molar-refractivity contribution in [2.45, 2.75) is 51.7 Å². The van der Waals surface area contributed by atoms with Gasteiger partial charge in [0.05, 0.1) is 11.2 Å². The number of rotatable bonds is 4. The highest BCUT2D eigenvalue weighted by Gasteiger charge is 2.19. The Morgan fingerprint density at radius 3 is 1.42 bits per heavy atom. The van der Waals surface area contributed by atoms with Crippen LogP contribution in [0, 0.1) is 0 Å². The van der Waals surface area contributed by atoms with E-state index in [1.165, 1.54) is 0 Å². The van der Waals surface area contributed by atoms with Crippen LogP contribution in [0.25, 0.3) is 0 Å². The molecule has 0 aliphatic carbocycles. The third-order valence-corrected chi connectivity index (χ3v) is 1.37. The molecule has 0 aliphatic rings. The maximum absolute atomic E-state index is 9.44. The average molecular weight is 172 g/mol. The van der Waals surface area contributed by atoms with E-state index >= 15 is 0 Å². The molecule has 0 fully saturated rings. The lowest BCUT2D eigenvalue weighted by atomic mass is 9.92. The number of aliphatic hydroxyl groups is 2. The van der Waals surface area contributed by atoms with Crippen LogP contribution in [0.3, 0.4) is 0 Å². The molecule has 0 saturated heterocycles. The summed E-state index contributed by atoms with van der Waals surface area (Å²) in [7, 11) is 0. The van der Waals surface area contributed by atoms with Gasteiger partial charge in [0.2, 0.25) is 0 Å². The first-order valence-electron chi connectivity index (χ1n) is 4.21. The van der Waals surface area contributed by atoms with Crippen LogP contribution in [0.2, 0.25) is 0 Å². The minimum Gasteiger partial charge on any atom is -0.390 e. The highest BCUT2D eigenvalue weighted by Crippen LogP contribution is 2.21. The summed E-state index contributed by atoms with van der Waals surface area (Å²) in [5, 5.41) is 18.9. The van der Waals surface area contributed by atoms with E-state index in [0.29, 0.717) is 12.8 Å². The van der Waals surface area contributed by atoms with E-state index in [0.717, 1.165) is 5.57 Å². The van der Waals surface area contributed by atoms with Crippen molar-refractivity contribution in [3.8, 4) is 0 Å². The first-order chi connectivity index (χ1) is 5.10. The Hall–Kier alpha value is -0.340. The van der Waals surface area contributed by atoms with Crippen LogP contribution in [0.1, 0.15) is 40.5 Å². The molecule has 0 atom stereocenters. The van der Waals surface area contributed by atoms with Crippen molar-refractivity contribution in [1.82, 2.24) is 0 Å². The third-order valence-electron chi connectivity index (χ3n) is 1.37. The predicted octanol–water partition coefficient (Wildman–Crippen LogP) is 1.86. The lowest BCUT2D eigenvalue weighted by Gasteiger charge is -2.23. The van der Waals surface area contributed by atoms with Crippen molar-refractivity contribution in [2.24, 2.45) is 0 Å². The smallest absolute Gasteiger partial charge is 0.0628 e. The van der Waals surface area contributed by atoms with Crippen LogP contribution in [0.5, 0.6) is 0 Å². The fourth-order valence-corrected chi connectivity index (χ4v) is 1.29. The molecular formula is C10H20O2. The van der Waals surface area contributed by atoms with Crippen molar-refractivity contribution in [3.05, 3.63) is 12.2 Å². The lowest BCUT2D eigenvalue weighted by molar-refractivity contribution is 0.0618. The molecule has 0 spiro atoms. The van der Waals surface area contributed by atoms with E-state index in [-0.39, 0.29) is 0 Å². The molecule has 0 aliphatic heterocycles. The second-order valence-corrected chi connectivity index (χ2v) is 4.73. The zero-order chi connectivity index (χ0) is 9.99. The van der Waals surface area contributed by atoms with E-state index in [1.54, 1.807) is 27.7 Å². The van der Waals surface area contributed by atoms with Crippen LogP contribution >= 0.6 is 0 Å². The molecule has 0 unspecified atom stereocenters. The molecule has 2 N–H and O–H groups in total. The highest BCUT2D eigenvalue weighted by atomic mass is 16.3. The molecule has 0 aromatic rings. The van der Waals surface area contributed by atoms with Crippen LogP contribution in [-0.2, 0) is 0 Å². The summed E-state index contributed by atoms with van der Waals surface area (Å²) in [6.45, 7) is 10.8. The van der Waals surface area contributed by atoms with Gasteiger partial charge in [0.15, 0.2) is 0 Å². The zero-order valence-electron chi connectivity index (χ0n) is 8.52. The van der Waals surface area contributed by atoms with Crippen molar-refractivity contribution in [3.63, 3.8) is 0 Å². The van der Waals surface area contributed by atoms with Crippen LogP contribution < -0.4 is 0 Å². The van der Waals surface area contributed by atoms with Gasteiger partial charge in [-0.15, -0.1) is 0 Å². The molecule has 0 aromatic carbocycles. The normalized spacial score (nSPS) is 13.2. The Morgan fingerprint density at radius 1 is 1.00 bits per heavy atom. The van der Waals surface area contributed by atoms with E-state index < -0.39 is 11.2 Å².